The highest BCUT2D eigenvalue weighted by Gasteiger charge is 2.10. The zero-order valence-electron chi connectivity index (χ0n) is 11.7. The summed E-state index contributed by atoms with van der Waals surface area (Å²) in [5, 5.41) is 7.15. The van der Waals surface area contributed by atoms with Crippen LogP contribution in [0.25, 0.3) is 17.3 Å². The summed E-state index contributed by atoms with van der Waals surface area (Å²) in [4.78, 5) is 21.3. The monoisotopic (exact) mass is 282 g/mol. The van der Waals surface area contributed by atoms with Crippen LogP contribution in [-0.2, 0) is 0 Å². The third-order valence-electron chi connectivity index (χ3n) is 2.74. The minimum atomic E-state index is 0.419. The first-order valence-corrected chi connectivity index (χ1v) is 6.54. The van der Waals surface area contributed by atoms with Gasteiger partial charge >= 0.3 is 0 Å². The fourth-order valence-corrected chi connectivity index (χ4v) is 1.83. The molecule has 3 aromatic rings. The van der Waals surface area contributed by atoms with Gasteiger partial charge in [-0.05, 0) is 26.0 Å². The predicted octanol–water partition coefficient (Wildman–Crippen LogP) is 1.25. The van der Waals surface area contributed by atoms with Gasteiger partial charge in [0.2, 0.25) is 5.95 Å². The van der Waals surface area contributed by atoms with Crippen LogP contribution < -0.4 is 5.32 Å². The van der Waals surface area contributed by atoms with E-state index in [0.29, 0.717) is 17.7 Å². The molecule has 0 unspecified atom stereocenters. The Balaban J connectivity index is 2.11. The SMILES string of the molecule is CCNc1nc(-c2ccnc(C)c2)nc(-n2cncn2)n1. The second-order valence-electron chi connectivity index (χ2n) is 4.34. The van der Waals surface area contributed by atoms with Gasteiger partial charge in [-0.1, -0.05) is 0 Å². The molecule has 21 heavy (non-hydrogen) atoms. The summed E-state index contributed by atoms with van der Waals surface area (Å²) < 4.78 is 1.50. The van der Waals surface area contributed by atoms with Gasteiger partial charge in [-0.3, -0.25) is 4.98 Å². The molecule has 0 bridgehead atoms. The minimum absolute atomic E-state index is 0.419. The minimum Gasteiger partial charge on any atom is -0.354 e. The number of aromatic nitrogens is 7. The largest absolute Gasteiger partial charge is 0.354 e. The van der Waals surface area contributed by atoms with Gasteiger partial charge in [0.1, 0.15) is 12.7 Å². The van der Waals surface area contributed by atoms with E-state index in [4.69, 9.17) is 0 Å². The molecule has 106 valence electrons. The van der Waals surface area contributed by atoms with Crippen molar-refractivity contribution in [1.29, 1.82) is 0 Å². The van der Waals surface area contributed by atoms with Gasteiger partial charge in [0.05, 0.1) is 0 Å². The van der Waals surface area contributed by atoms with Gasteiger partial charge in [0.15, 0.2) is 5.82 Å². The lowest BCUT2D eigenvalue weighted by Crippen LogP contribution is -2.10. The quantitative estimate of drug-likeness (QED) is 0.769. The lowest BCUT2D eigenvalue weighted by atomic mass is 10.2. The summed E-state index contributed by atoms with van der Waals surface area (Å²) in [6.07, 6.45) is 4.72. The molecule has 0 spiro atoms. The van der Waals surface area contributed by atoms with Gasteiger partial charge in [0, 0.05) is 24.0 Å². The maximum absolute atomic E-state index is 4.44. The van der Waals surface area contributed by atoms with E-state index in [1.807, 2.05) is 26.0 Å². The lowest BCUT2D eigenvalue weighted by molar-refractivity contribution is 0.796. The Kier molecular flexibility index (Phi) is 3.50. The van der Waals surface area contributed by atoms with E-state index in [0.717, 1.165) is 17.8 Å². The first-order valence-electron chi connectivity index (χ1n) is 6.54. The highest BCUT2D eigenvalue weighted by atomic mass is 15.4. The van der Waals surface area contributed by atoms with Gasteiger partial charge in [-0.15, -0.1) is 0 Å². The molecule has 0 fully saturated rings. The molecule has 3 aromatic heterocycles. The van der Waals surface area contributed by atoms with Crippen molar-refractivity contribution in [3.8, 4) is 17.3 Å². The smallest absolute Gasteiger partial charge is 0.257 e. The van der Waals surface area contributed by atoms with Gasteiger partial charge < -0.3 is 5.32 Å². The van der Waals surface area contributed by atoms with E-state index in [2.05, 4.69) is 35.3 Å². The molecule has 0 radical (unpaired) electrons. The molecule has 8 heteroatoms. The molecule has 0 aromatic carbocycles. The standard InChI is InChI=1S/C13H14N8/c1-3-15-12-18-11(10-4-5-16-9(2)6-10)19-13(20-12)21-8-14-7-17-21/h4-8H,3H2,1-2H3,(H,15,18,19,20). The molecule has 0 aliphatic heterocycles. The third-order valence-corrected chi connectivity index (χ3v) is 2.74. The number of anilines is 1. The third kappa shape index (κ3) is 2.83. The Bertz CT molecular complexity index is 738. The van der Waals surface area contributed by atoms with Crippen molar-refractivity contribution in [3.63, 3.8) is 0 Å². The van der Waals surface area contributed by atoms with E-state index < -0.39 is 0 Å². The maximum Gasteiger partial charge on any atom is 0.257 e. The number of nitrogens with one attached hydrogen (secondary N) is 1. The zero-order valence-corrected chi connectivity index (χ0v) is 11.7. The van der Waals surface area contributed by atoms with E-state index in [1.165, 1.54) is 11.0 Å². The average molecular weight is 282 g/mol. The first-order chi connectivity index (χ1) is 10.3. The number of aryl methyl sites for hydroxylation is 1. The van der Waals surface area contributed by atoms with Crippen LogP contribution >= 0.6 is 0 Å². The molecule has 0 aliphatic carbocycles. The molecule has 1 N–H and O–H groups in total. The van der Waals surface area contributed by atoms with E-state index >= 15 is 0 Å². The van der Waals surface area contributed by atoms with Crippen LogP contribution in [0.15, 0.2) is 31.0 Å². The predicted molar refractivity (Wildman–Crippen MR) is 76.9 cm³/mol. The van der Waals surface area contributed by atoms with Crippen molar-refractivity contribution in [2.45, 2.75) is 13.8 Å². The summed E-state index contributed by atoms with van der Waals surface area (Å²) >= 11 is 0. The van der Waals surface area contributed by atoms with Crippen LogP contribution in [0.1, 0.15) is 12.6 Å². The van der Waals surface area contributed by atoms with Crippen LogP contribution in [0.5, 0.6) is 0 Å². The summed E-state index contributed by atoms with van der Waals surface area (Å²) in [5.74, 6) is 1.49. The highest BCUT2D eigenvalue weighted by molar-refractivity contribution is 5.56. The summed E-state index contributed by atoms with van der Waals surface area (Å²) in [6.45, 7) is 4.62. The molecular formula is C13H14N8. The number of nitrogens with zero attached hydrogens (tertiary/aromatic N) is 7. The second-order valence-corrected chi connectivity index (χ2v) is 4.34. The van der Waals surface area contributed by atoms with Gasteiger partial charge in [-0.25, -0.2) is 4.98 Å². The van der Waals surface area contributed by atoms with Crippen molar-refractivity contribution >= 4 is 5.95 Å². The Morgan fingerprint density at radius 1 is 1.24 bits per heavy atom. The van der Waals surface area contributed by atoms with Crippen molar-refractivity contribution in [2.75, 3.05) is 11.9 Å². The van der Waals surface area contributed by atoms with Crippen LogP contribution in [-0.4, -0.2) is 41.2 Å². The summed E-state index contributed by atoms with van der Waals surface area (Å²) in [5.41, 5.74) is 1.78. The van der Waals surface area contributed by atoms with Gasteiger partial charge in [-0.2, -0.15) is 24.7 Å². The Morgan fingerprint density at radius 3 is 2.86 bits per heavy atom. The average Bonchev–Trinajstić information content (AvgIpc) is 3.01. The first kappa shape index (κ1) is 13.1. The van der Waals surface area contributed by atoms with Gasteiger partial charge in [0.25, 0.3) is 5.95 Å². The van der Waals surface area contributed by atoms with Crippen molar-refractivity contribution < 1.29 is 0 Å². The topological polar surface area (TPSA) is 94.3 Å². The van der Waals surface area contributed by atoms with Crippen molar-refractivity contribution in [3.05, 3.63) is 36.7 Å². The molecule has 8 nitrogen and oxygen atoms in total. The lowest BCUT2D eigenvalue weighted by Gasteiger charge is -2.07. The highest BCUT2D eigenvalue weighted by Crippen LogP contribution is 2.17. The Hall–Kier alpha value is -2.90. The number of rotatable bonds is 4. The number of hydrogen-bond donors (Lipinski definition) is 1. The summed E-state index contributed by atoms with van der Waals surface area (Å²) in [7, 11) is 0. The molecule has 0 saturated heterocycles. The molecule has 0 aliphatic rings. The van der Waals surface area contributed by atoms with Crippen molar-refractivity contribution in [2.24, 2.45) is 0 Å². The fourth-order valence-electron chi connectivity index (χ4n) is 1.83. The molecular weight excluding hydrogens is 268 g/mol. The molecule has 3 heterocycles. The number of pyridine rings is 1. The van der Waals surface area contributed by atoms with E-state index in [9.17, 15) is 0 Å². The van der Waals surface area contributed by atoms with E-state index in [1.54, 1.807) is 12.5 Å². The van der Waals surface area contributed by atoms with Crippen molar-refractivity contribution in [1.82, 2.24) is 34.7 Å². The second kappa shape index (κ2) is 5.61. The van der Waals surface area contributed by atoms with Crippen LogP contribution in [0.2, 0.25) is 0 Å². The maximum atomic E-state index is 4.44. The molecule has 0 saturated carbocycles. The summed E-state index contributed by atoms with van der Waals surface area (Å²) in [6, 6.07) is 3.79. The molecule has 0 amide bonds. The van der Waals surface area contributed by atoms with Crippen LogP contribution in [0, 0.1) is 6.92 Å². The van der Waals surface area contributed by atoms with Crippen LogP contribution in [0.3, 0.4) is 0 Å². The fraction of sp³-hybridized carbons (Fsp3) is 0.231. The normalized spacial score (nSPS) is 10.6. The number of hydrogen-bond acceptors (Lipinski definition) is 7. The Morgan fingerprint density at radius 2 is 2.14 bits per heavy atom. The molecule has 3 rings (SSSR count). The van der Waals surface area contributed by atoms with Crippen LogP contribution in [0.4, 0.5) is 5.95 Å². The van der Waals surface area contributed by atoms with E-state index in [-0.39, 0.29) is 0 Å². The Labute approximate surface area is 121 Å². The molecule has 0 atom stereocenters. The zero-order chi connectivity index (χ0) is 14.7.